The Morgan fingerprint density at radius 1 is 1.39 bits per heavy atom. The van der Waals surface area contributed by atoms with Gasteiger partial charge in [0, 0.05) is 12.6 Å². The third-order valence-electron chi connectivity index (χ3n) is 2.26. The van der Waals surface area contributed by atoms with E-state index in [1.54, 1.807) is 18.2 Å². The summed E-state index contributed by atoms with van der Waals surface area (Å²) in [5, 5.41) is 9.48. The van der Waals surface area contributed by atoms with Crippen molar-refractivity contribution in [1.82, 2.24) is 15.5 Å². The molecule has 0 spiro atoms. The predicted molar refractivity (Wildman–Crippen MR) is 66.1 cm³/mol. The van der Waals surface area contributed by atoms with Gasteiger partial charge in [-0.1, -0.05) is 11.2 Å². The van der Waals surface area contributed by atoms with Crippen LogP contribution in [0.3, 0.4) is 0 Å². The van der Waals surface area contributed by atoms with Gasteiger partial charge in [0.15, 0.2) is 0 Å². The van der Waals surface area contributed by atoms with Gasteiger partial charge in [0.2, 0.25) is 0 Å². The monoisotopic (exact) mass is 246 g/mol. The van der Waals surface area contributed by atoms with E-state index in [-0.39, 0.29) is 5.91 Å². The van der Waals surface area contributed by atoms with E-state index >= 15 is 0 Å². The van der Waals surface area contributed by atoms with Gasteiger partial charge in [0.05, 0.1) is 6.54 Å². The van der Waals surface area contributed by atoms with E-state index in [0.717, 1.165) is 6.54 Å². The summed E-state index contributed by atoms with van der Waals surface area (Å²) in [7, 11) is 0. The van der Waals surface area contributed by atoms with Gasteiger partial charge in [-0.2, -0.15) is 0 Å². The second kappa shape index (κ2) is 5.81. The topological polar surface area (TPSA) is 80.0 Å². The van der Waals surface area contributed by atoms with Crippen molar-refractivity contribution in [2.75, 3.05) is 11.9 Å². The van der Waals surface area contributed by atoms with Crippen molar-refractivity contribution in [2.45, 2.75) is 13.5 Å². The minimum Gasteiger partial charge on any atom is -0.370 e. The number of pyridine rings is 1. The van der Waals surface area contributed by atoms with Crippen LogP contribution in [0.5, 0.6) is 0 Å². The Balaban J connectivity index is 1.97. The first-order valence-corrected chi connectivity index (χ1v) is 5.68. The summed E-state index contributed by atoms with van der Waals surface area (Å²) in [4.78, 5) is 16.0. The van der Waals surface area contributed by atoms with Crippen LogP contribution in [0.15, 0.2) is 35.1 Å². The fourth-order valence-electron chi connectivity index (χ4n) is 1.43. The lowest BCUT2D eigenvalue weighted by Gasteiger charge is -2.05. The summed E-state index contributed by atoms with van der Waals surface area (Å²) in [6, 6.07) is 6.97. The quantitative estimate of drug-likeness (QED) is 0.834. The van der Waals surface area contributed by atoms with E-state index in [1.165, 1.54) is 6.26 Å². The first-order valence-electron chi connectivity index (χ1n) is 5.68. The van der Waals surface area contributed by atoms with Gasteiger partial charge in [-0.05, 0) is 19.1 Å². The molecule has 0 fully saturated rings. The van der Waals surface area contributed by atoms with E-state index in [0.29, 0.717) is 23.8 Å². The highest BCUT2D eigenvalue weighted by Crippen LogP contribution is 2.04. The summed E-state index contributed by atoms with van der Waals surface area (Å²) in [6.07, 6.45) is 1.46. The zero-order chi connectivity index (χ0) is 12.8. The van der Waals surface area contributed by atoms with Crippen molar-refractivity contribution in [2.24, 2.45) is 0 Å². The highest BCUT2D eigenvalue weighted by atomic mass is 16.5. The third-order valence-corrected chi connectivity index (χ3v) is 2.26. The minimum absolute atomic E-state index is 0.238. The maximum atomic E-state index is 11.8. The van der Waals surface area contributed by atoms with Gasteiger partial charge in [0.1, 0.15) is 23.5 Å². The fraction of sp³-hybridized carbons (Fsp3) is 0.250. The summed E-state index contributed by atoms with van der Waals surface area (Å²) in [5.41, 5.74) is 1.04. The van der Waals surface area contributed by atoms with Gasteiger partial charge in [-0.25, -0.2) is 4.98 Å². The number of rotatable bonds is 5. The molecule has 0 radical (unpaired) electrons. The molecule has 6 heteroatoms. The average molecular weight is 246 g/mol. The molecule has 0 aliphatic carbocycles. The number of amides is 1. The Hall–Kier alpha value is -2.37. The minimum atomic E-state index is -0.238. The van der Waals surface area contributed by atoms with Crippen LogP contribution < -0.4 is 10.6 Å². The van der Waals surface area contributed by atoms with Gasteiger partial charge in [-0.15, -0.1) is 0 Å². The molecule has 2 N–H and O–H groups in total. The van der Waals surface area contributed by atoms with Crippen LogP contribution in [0.1, 0.15) is 23.1 Å². The second-order valence-corrected chi connectivity index (χ2v) is 3.61. The molecule has 0 unspecified atom stereocenters. The molecule has 0 saturated carbocycles. The Kier molecular flexibility index (Phi) is 3.90. The molecule has 0 saturated heterocycles. The molecule has 2 heterocycles. The lowest BCUT2D eigenvalue weighted by atomic mass is 10.3. The number of carbonyl (C=O) groups excluding carboxylic acids is 1. The largest absolute Gasteiger partial charge is 0.370 e. The number of nitrogens with one attached hydrogen (secondary N) is 2. The number of aromatic nitrogens is 2. The summed E-state index contributed by atoms with van der Waals surface area (Å²) in [6.45, 7) is 3.05. The zero-order valence-corrected chi connectivity index (χ0v) is 10.0. The molecule has 94 valence electrons. The van der Waals surface area contributed by atoms with E-state index in [1.807, 2.05) is 13.0 Å². The fourth-order valence-corrected chi connectivity index (χ4v) is 1.43. The molecule has 0 aliphatic rings. The van der Waals surface area contributed by atoms with E-state index in [4.69, 9.17) is 0 Å². The Bertz CT molecular complexity index is 511. The molecule has 0 aliphatic heterocycles. The van der Waals surface area contributed by atoms with Crippen LogP contribution >= 0.6 is 0 Å². The molecule has 0 atom stereocenters. The lowest BCUT2D eigenvalue weighted by Crippen LogP contribution is -2.24. The smallest absolute Gasteiger partial charge is 0.270 e. The molecule has 2 aromatic heterocycles. The molecule has 0 bridgehead atoms. The Morgan fingerprint density at radius 2 is 2.28 bits per heavy atom. The van der Waals surface area contributed by atoms with Gasteiger partial charge in [0.25, 0.3) is 5.91 Å². The van der Waals surface area contributed by atoms with Crippen LogP contribution in [0.25, 0.3) is 0 Å². The summed E-state index contributed by atoms with van der Waals surface area (Å²) in [5.74, 6) is 0.448. The predicted octanol–water partition coefficient (Wildman–Crippen LogP) is 1.43. The van der Waals surface area contributed by atoms with Gasteiger partial charge < -0.3 is 15.2 Å². The number of anilines is 1. The van der Waals surface area contributed by atoms with Gasteiger partial charge >= 0.3 is 0 Å². The van der Waals surface area contributed by atoms with Crippen molar-refractivity contribution >= 4 is 11.7 Å². The van der Waals surface area contributed by atoms with Crippen LogP contribution in [0.4, 0.5) is 5.82 Å². The van der Waals surface area contributed by atoms with Crippen molar-refractivity contribution in [3.63, 3.8) is 0 Å². The zero-order valence-electron chi connectivity index (χ0n) is 10.0. The standard InChI is InChI=1S/C12H14N4O2/c1-2-13-11-5-3-4-10(15-11)12(17)14-8-9-6-7-18-16-9/h3-7H,2,8H2,1H3,(H,13,15)(H,14,17). The van der Waals surface area contributed by atoms with E-state index < -0.39 is 0 Å². The molecular formula is C12H14N4O2. The molecule has 6 nitrogen and oxygen atoms in total. The van der Waals surface area contributed by atoms with Crippen molar-refractivity contribution in [1.29, 1.82) is 0 Å². The number of carbonyl (C=O) groups is 1. The van der Waals surface area contributed by atoms with Gasteiger partial charge in [-0.3, -0.25) is 4.79 Å². The summed E-state index contributed by atoms with van der Waals surface area (Å²) < 4.78 is 4.68. The van der Waals surface area contributed by atoms with Crippen molar-refractivity contribution in [3.05, 3.63) is 41.9 Å². The molecule has 18 heavy (non-hydrogen) atoms. The first-order chi connectivity index (χ1) is 8.79. The molecular weight excluding hydrogens is 232 g/mol. The molecule has 1 amide bonds. The maximum Gasteiger partial charge on any atom is 0.270 e. The Labute approximate surface area is 104 Å². The number of hydrogen-bond donors (Lipinski definition) is 2. The van der Waals surface area contributed by atoms with E-state index in [2.05, 4.69) is 25.3 Å². The molecule has 2 rings (SSSR count). The van der Waals surface area contributed by atoms with Crippen molar-refractivity contribution < 1.29 is 9.32 Å². The third kappa shape index (κ3) is 3.07. The SMILES string of the molecule is CCNc1cccc(C(=O)NCc2ccon2)n1. The van der Waals surface area contributed by atoms with E-state index in [9.17, 15) is 4.79 Å². The Morgan fingerprint density at radius 3 is 3.00 bits per heavy atom. The number of nitrogens with zero attached hydrogens (tertiary/aromatic N) is 2. The van der Waals surface area contributed by atoms with Crippen LogP contribution in [-0.2, 0) is 6.54 Å². The second-order valence-electron chi connectivity index (χ2n) is 3.61. The molecule has 0 aromatic carbocycles. The maximum absolute atomic E-state index is 11.8. The number of hydrogen-bond acceptors (Lipinski definition) is 5. The van der Waals surface area contributed by atoms with Crippen LogP contribution in [0, 0.1) is 0 Å². The highest BCUT2D eigenvalue weighted by molar-refractivity contribution is 5.92. The van der Waals surface area contributed by atoms with Crippen molar-refractivity contribution in [3.8, 4) is 0 Å². The highest BCUT2D eigenvalue weighted by Gasteiger charge is 2.08. The van der Waals surface area contributed by atoms with Crippen LogP contribution in [0.2, 0.25) is 0 Å². The molecule has 2 aromatic rings. The average Bonchev–Trinajstić information content (AvgIpc) is 2.90. The van der Waals surface area contributed by atoms with Crippen LogP contribution in [-0.4, -0.2) is 22.6 Å². The summed E-state index contributed by atoms with van der Waals surface area (Å²) >= 11 is 0. The first kappa shape index (κ1) is 12.1. The lowest BCUT2D eigenvalue weighted by molar-refractivity contribution is 0.0945. The normalized spacial score (nSPS) is 10.1.